The SMILES string of the molecule is CC(=O)N(c1c(Cl)ccc2c(=O)n([C@H](C)C(N)=O)ccc12)C1C2CC3CC(C2)CC1C3. The van der Waals surface area contributed by atoms with E-state index in [2.05, 4.69) is 0 Å². The number of rotatable bonds is 4. The van der Waals surface area contributed by atoms with Gasteiger partial charge in [0.25, 0.3) is 5.56 Å². The Bertz CT molecular complexity index is 1110. The summed E-state index contributed by atoms with van der Waals surface area (Å²) in [4.78, 5) is 39.7. The maximum absolute atomic E-state index is 13.2. The molecule has 7 heteroatoms. The topological polar surface area (TPSA) is 85.4 Å². The summed E-state index contributed by atoms with van der Waals surface area (Å²) < 4.78 is 1.34. The Morgan fingerprint density at radius 3 is 2.23 bits per heavy atom. The highest BCUT2D eigenvalue weighted by Gasteiger charge is 2.51. The lowest BCUT2D eigenvalue weighted by atomic mass is 9.53. The number of carbonyl (C=O) groups is 2. The third kappa shape index (κ3) is 3.18. The van der Waals surface area contributed by atoms with Crippen molar-refractivity contribution in [1.82, 2.24) is 4.57 Å². The minimum Gasteiger partial charge on any atom is -0.368 e. The van der Waals surface area contributed by atoms with E-state index in [1.54, 1.807) is 38.2 Å². The number of pyridine rings is 1. The van der Waals surface area contributed by atoms with Crippen molar-refractivity contribution in [3.8, 4) is 0 Å². The van der Waals surface area contributed by atoms with Gasteiger partial charge in [0.2, 0.25) is 11.8 Å². The quantitative estimate of drug-likeness (QED) is 0.781. The lowest BCUT2D eigenvalue weighted by molar-refractivity contribution is -0.121. The Morgan fingerprint density at radius 1 is 1.06 bits per heavy atom. The number of hydrogen-bond acceptors (Lipinski definition) is 3. The van der Waals surface area contributed by atoms with Gasteiger partial charge in [0, 0.05) is 29.9 Å². The van der Waals surface area contributed by atoms with Crippen molar-refractivity contribution in [3.63, 3.8) is 0 Å². The van der Waals surface area contributed by atoms with Crippen LogP contribution in [-0.2, 0) is 9.59 Å². The number of anilines is 1. The zero-order chi connectivity index (χ0) is 22.0. The summed E-state index contributed by atoms with van der Waals surface area (Å²) in [5.74, 6) is 1.94. The molecule has 0 spiro atoms. The van der Waals surface area contributed by atoms with Crippen LogP contribution in [0.2, 0.25) is 5.02 Å². The van der Waals surface area contributed by atoms with Crippen LogP contribution in [0.5, 0.6) is 0 Å². The molecule has 0 radical (unpaired) electrons. The second kappa shape index (κ2) is 7.37. The number of amides is 2. The average molecular weight is 442 g/mol. The van der Waals surface area contributed by atoms with Crippen molar-refractivity contribution >= 4 is 39.9 Å². The van der Waals surface area contributed by atoms with E-state index in [1.165, 1.54) is 36.7 Å². The van der Waals surface area contributed by atoms with Crippen LogP contribution in [0.4, 0.5) is 5.69 Å². The summed E-state index contributed by atoms with van der Waals surface area (Å²) in [6, 6.07) is 4.50. The lowest BCUT2D eigenvalue weighted by Gasteiger charge is -2.57. The molecule has 164 valence electrons. The Labute approximate surface area is 186 Å². The van der Waals surface area contributed by atoms with Crippen molar-refractivity contribution in [2.45, 2.75) is 58.0 Å². The zero-order valence-corrected chi connectivity index (χ0v) is 18.6. The molecule has 2 aromatic rings. The third-order valence-corrected chi connectivity index (χ3v) is 8.22. The maximum atomic E-state index is 13.2. The first-order chi connectivity index (χ1) is 14.8. The first kappa shape index (κ1) is 20.6. The maximum Gasteiger partial charge on any atom is 0.259 e. The normalized spacial score (nSPS) is 29.8. The van der Waals surface area contributed by atoms with Crippen LogP contribution in [0.3, 0.4) is 0 Å². The molecule has 0 saturated heterocycles. The van der Waals surface area contributed by atoms with E-state index >= 15 is 0 Å². The van der Waals surface area contributed by atoms with Gasteiger partial charge in [-0.3, -0.25) is 14.4 Å². The van der Waals surface area contributed by atoms with Gasteiger partial charge in [-0.05, 0) is 80.9 Å². The summed E-state index contributed by atoms with van der Waals surface area (Å²) in [6.07, 6.45) is 7.61. The van der Waals surface area contributed by atoms with Crippen molar-refractivity contribution in [1.29, 1.82) is 0 Å². The van der Waals surface area contributed by atoms with Crippen molar-refractivity contribution < 1.29 is 9.59 Å². The number of hydrogen-bond donors (Lipinski definition) is 1. The molecule has 2 N–H and O–H groups in total. The molecule has 1 aromatic heterocycles. The molecule has 4 aliphatic rings. The predicted octanol–water partition coefficient (Wildman–Crippen LogP) is 3.88. The highest BCUT2D eigenvalue weighted by atomic mass is 35.5. The van der Waals surface area contributed by atoms with Crippen LogP contribution in [0.15, 0.2) is 29.2 Å². The molecule has 1 atom stereocenters. The van der Waals surface area contributed by atoms with Crippen LogP contribution in [-0.4, -0.2) is 22.4 Å². The van der Waals surface area contributed by atoms with Gasteiger partial charge in [0.1, 0.15) is 6.04 Å². The van der Waals surface area contributed by atoms with Crippen LogP contribution < -0.4 is 16.2 Å². The predicted molar refractivity (Wildman–Crippen MR) is 121 cm³/mol. The molecule has 4 aliphatic carbocycles. The second-order valence-corrected chi connectivity index (χ2v) is 10.2. The molecule has 4 fully saturated rings. The Balaban J connectivity index is 1.66. The molecule has 4 saturated carbocycles. The zero-order valence-electron chi connectivity index (χ0n) is 17.9. The summed E-state index contributed by atoms with van der Waals surface area (Å²) in [5.41, 5.74) is 5.73. The smallest absolute Gasteiger partial charge is 0.259 e. The Kier molecular flexibility index (Phi) is 4.88. The summed E-state index contributed by atoms with van der Waals surface area (Å²) in [6.45, 7) is 3.19. The molecule has 0 aliphatic heterocycles. The number of nitrogens with two attached hydrogens (primary N) is 1. The second-order valence-electron chi connectivity index (χ2n) is 9.77. The third-order valence-electron chi connectivity index (χ3n) is 7.92. The first-order valence-electron chi connectivity index (χ1n) is 11.2. The van der Waals surface area contributed by atoms with E-state index in [-0.39, 0.29) is 17.5 Å². The molecule has 6 rings (SSSR count). The summed E-state index contributed by atoms with van der Waals surface area (Å²) in [5, 5.41) is 1.55. The monoisotopic (exact) mass is 441 g/mol. The highest BCUT2D eigenvalue weighted by Crippen LogP contribution is 2.56. The Hall–Kier alpha value is -2.34. The molecule has 2 amide bonds. The van der Waals surface area contributed by atoms with Gasteiger partial charge in [0.15, 0.2) is 0 Å². The van der Waals surface area contributed by atoms with Gasteiger partial charge in [-0.15, -0.1) is 0 Å². The molecule has 6 nitrogen and oxygen atoms in total. The van der Waals surface area contributed by atoms with Crippen LogP contribution >= 0.6 is 11.6 Å². The van der Waals surface area contributed by atoms with Gasteiger partial charge >= 0.3 is 0 Å². The lowest BCUT2D eigenvalue weighted by Crippen LogP contribution is -2.57. The van der Waals surface area contributed by atoms with Crippen LogP contribution in [0.25, 0.3) is 10.8 Å². The number of halogens is 1. The molecule has 31 heavy (non-hydrogen) atoms. The molecule has 4 bridgehead atoms. The summed E-state index contributed by atoms with van der Waals surface area (Å²) in [7, 11) is 0. The number of carbonyl (C=O) groups excluding carboxylic acids is 2. The number of aromatic nitrogens is 1. The van der Waals surface area contributed by atoms with Crippen molar-refractivity contribution in [3.05, 3.63) is 39.8 Å². The standard InChI is InChI=1S/C24H28ClN3O3/c1-12(23(26)30)27-6-5-18-19(24(27)31)3-4-20(25)22(18)28(13(2)29)21-16-8-14-7-15(10-16)11-17(21)9-14/h3-6,12,14-17,21H,7-11H2,1-2H3,(H2,26,30)/t12-,14?,15?,16?,17?,21?/m1/s1. The van der Waals surface area contributed by atoms with E-state index in [4.69, 9.17) is 17.3 Å². The van der Waals surface area contributed by atoms with Crippen LogP contribution in [0, 0.1) is 23.7 Å². The molecule has 1 heterocycles. The highest BCUT2D eigenvalue weighted by molar-refractivity contribution is 6.35. The minimum absolute atomic E-state index is 0.0402. The largest absolute Gasteiger partial charge is 0.368 e. The van der Waals surface area contributed by atoms with E-state index in [0.29, 0.717) is 33.3 Å². The minimum atomic E-state index is -0.760. The van der Waals surface area contributed by atoms with Crippen LogP contribution in [0.1, 0.15) is 52.0 Å². The van der Waals surface area contributed by atoms with Gasteiger partial charge in [-0.1, -0.05) is 11.6 Å². The number of primary amides is 1. The van der Waals surface area contributed by atoms with Gasteiger partial charge in [-0.25, -0.2) is 0 Å². The molecule has 1 aromatic carbocycles. The average Bonchev–Trinajstić information content (AvgIpc) is 2.70. The number of fused-ring (bicyclic) bond motifs is 1. The Morgan fingerprint density at radius 2 is 1.68 bits per heavy atom. The fraction of sp³-hybridized carbons (Fsp3) is 0.542. The first-order valence-corrected chi connectivity index (χ1v) is 11.6. The number of benzene rings is 1. The molecular formula is C24H28ClN3O3. The van der Waals surface area contributed by atoms with E-state index < -0.39 is 11.9 Å². The van der Waals surface area contributed by atoms with Crippen molar-refractivity contribution in [2.24, 2.45) is 29.4 Å². The summed E-state index contributed by atoms with van der Waals surface area (Å²) >= 11 is 6.68. The van der Waals surface area contributed by atoms with Gasteiger partial charge in [-0.2, -0.15) is 0 Å². The molecule has 0 unspecified atom stereocenters. The fourth-order valence-electron chi connectivity index (χ4n) is 6.82. The van der Waals surface area contributed by atoms with Gasteiger partial charge in [0.05, 0.1) is 10.7 Å². The van der Waals surface area contributed by atoms with E-state index in [1.807, 2.05) is 4.90 Å². The van der Waals surface area contributed by atoms with E-state index in [9.17, 15) is 14.4 Å². The number of nitrogens with zero attached hydrogens (tertiary/aromatic N) is 2. The fourth-order valence-corrected chi connectivity index (χ4v) is 7.08. The van der Waals surface area contributed by atoms with Gasteiger partial charge < -0.3 is 15.2 Å². The molecular weight excluding hydrogens is 414 g/mol. The van der Waals surface area contributed by atoms with E-state index in [0.717, 1.165) is 11.8 Å². The van der Waals surface area contributed by atoms with Crippen molar-refractivity contribution in [2.75, 3.05) is 4.90 Å².